The van der Waals surface area contributed by atoms with E-state index in [1.807, 2.05) is 4.90 Å². The monoisotopic (exact) mass is 397 g/mol. The second-order valence-corrected chi connectivity index (χ2v) is 7.85. The summed E-state index contributed by atoms with van der Waals surface area (Å²) in [5, 5.41) is 12.8. The number of terminal acetylenes is 1. The molecule has 29 heavy (non-hydrogen) atoms. The van der Waals surface area contributed by atoms with Gasteiger partial charge < -0.3 is 19.9 Å². The van der Waals surface area contributed by atoms with Gasteiger partial charge >= 0.3 is 5.97 Å². The Morgan fingerprint density at radius 2 is 2.17 bits per heavy atom. The predicted octanol–water partition coefficient (Wildman–Crippen LogP) is 2.59. The molecule has 1 aliphatic carbocycles. The zero-order chi connectivity index (χ0) is 20.7. The summed E-state index contributed by atoms with van der Waals surface area (Å²) >= 11 is 0. The summed E-state index contributed by atoms with van der Waals surface area (Å²) in [6, 6.07) is 1.25. The van der Waals surface area contributed by atoms with E-state index in [2.05, 4.69) is 18.2 Å². The number of carboxylic acid groups (broad SMARTS) is 1. The number of aromatic nitrogens is 1. The molecule has 2 fully saturated rings. The minimum atomic E-state index is -1.32. The summed E-state index contributed by atoms with van der Waals surface area (Å²) in [4.78, 5) is 26.2. The average Bonchev–Trinajstić information content (AvgIpc) is 3.44. The number of rotatable bonds is 6. The molecule has 0 bridgehead atoms. The second-order valence-electron chi connectivity index (χ2n) is 7.85. The quantitative estimate of drug-likeness (QED) is 0.733. The molecule has 1 aromatic carbocycles. The minimum absolute atomic E-state index is 0.0365. The molecular weight excluding hydrogens is 373 g/mol. The van der Waals surface area contributed by atoms with E-state index in [4.69, 9.17) is 6.42 Å². The lowest BCUT2D eigenvalue weighted by atomic mass is 10.0. The third kappa shape index (κ3) is 3.38. The molecule has 1 saturated carbocycles. The molecule has 1 saturated heterocycles. The van der Waals surface area contributed by atoms with Gasteiger partial charge in [0.05, 0.1) is 22.2 Å². The van der Waals surface area contributed by atoms with Crippen molar-refractivity contribution in [1.82, 2.24) is 9.88 Å². The number of pyridine rings is 1. The average molecular weight is 397 g/mol. The van der Waals surface area contributed by atoms with Crippen molar-refractivity contribution >= 4 is 22.6 Å². The number of nitrogens with zero attached hydrogens (tertiary/aromatic N) is 2. The number of nitrogens with one attached hydrogen (secondary N) is 1. The Hall–Kier alpha value is -2.85. The summed E-state index contributed by atoms with van der Waals surface area (Å²) in [5.41, 5.74) is 0.0987. The SMILES string of the molecule is C#Cc1c(N2CCC(CNCC)C2)c(F)cc2c(=O)c(C(=O)O)cn(C3CC3)c12. The number of anilines is 1. The summed E-state index contributed by atoms with van der Waals surface area (Å²) in [6.07, 6.45) is 9.87. The van der Waals surface area contributed by atoms with Crippen LogP contribution in [0, 0.1) is 24.1 Å². The molecular formula is C22H24FN3O3. The maximum Gasteiger partial charge on any atom is 0.341 e. The highest BCUT2D eigenvalue weighted by molar-refractivity contribution is 5.96. The van der Waals surface area contributed by atoms with Crippen LogP contribution in [0.5, 0.6) is 0 Å². The van der Waals surface area contributed by atoms with Crippen molar-refractivity contribution < 1.29 is 14.3 Å². The lowest BCUT2D eigenvalue weighted by Gasteiger charge is -2.24. The fourth-order valence-electron chi connectivity index (χ4n) is 4.27. The first-order valence-electron chi connectivity index (χ1n) is 10.0. The number of fused-ring (bicyclic) bond motifs is 1. The Balaban J connectivity index is 1.90. The fraction of sp³-hybridized carbons (Fsp3) is 0.455. The van der Waals surface area contributed by atoms with Gasteiger partial charge in [-0.3, -0.25) is 4.79 Å². The number of hydrogen-bond donors (Lipinski definition) is 2. The number of benzene rings is 1. The van der Waals surface area contributed by atoms with E-state index in [1.54, 1.807) is 4.57 Å². The smallest absolute Gasteiger partial charge is 0.341 e. The highest BCUT2D eigenvalue weighted by Gasteiger charge is 2.32. The zero-order valence-electron chi connectivity index (χ0n) is 16.4. The Morgan fingerprint density at radius 3 is 2.79 bits per heavy atom. The van der Waals surface area contributed by atoms with Gasteiger partial charge in [-0.2, -0.15) is 0 Å². The molecule has 2 aliphatic rings. The van der Waals surface area contributed by atoms with Crippen molar-refractivity contribution in [3.63, 3.8) is 0 Å². The third-order valence-corrected chi connectivity index (χ3v) is 5.84. The largest absolute Gasteiger partial charge is 0.477 e. The van der Waals surface area contributed by atoms with Gasteiger partial charge in [0.25, 0.3) is 0 Å². The van der Waals surface area contributed by atoms with Gasteiger partial charge in [-0.05, 0) is 44.3 Å². The maximum atomic E-state index is 15.2. The molecule has 1 unspecified atom stereocenters. The molecule has 1 aromatic heterocycles. The standard InChI is InChI=1S/C22H24FN3O3/c1-3-15-19-16(21(27)17(22(28)29)12-26(19)14-5-6-14)9-18(23)20(15)25-8-7-13(11-25)10-24-4-2/h1,9,12-14,24H,4-8,10-11H2,2H3,(H,28,29). The molecule has 0 spiro atoms. The predicted molar refractivity (Wildman–Crippen MR) is 110 cm³/mol. The van der Waals surface area contributed by atoms with Gasteiger partial charge in [-0.1, -0.05) is 12.8 Å². The Labute approximate surface area is 168 Å². The lowest BCUT2D eigenvalue weighted by molar-refractivity contribution is 0.0695. The normalized spacial score (nSPS) is 18.9. The summed E-state index contributed by atoms with van der Waals surface area (Å²) in [6.45, 7) is 5.17. The van der Waals surface area contributed by atoms with Gasteiger partial charge in [-0.15, -0.1) is 6.42 Å². The summed E-state index contributed by atoms with van der Waals surface area (Å²) in [7, 11) is 0. The van der Waals surface area contributed by atoms with Crippen molar-refractivity contribution in [2.45, 2.75) is 32.2 Å². The van der Waals surface area contributed by atoms with E-state index in [-0.39, 0.29) is 17.0 Å². The second kappa shape index (κ2) is 7.53. The number of carboxylic acids is 1. The minimum Gasteiger partial charge on any atom is -0.477 e. The third-order valence-electron chi connectivity index (χ3n) is 5.84. The first-order valence-corrected chi connectivity index (χ1v) is 10.0. The number of halogens is 1. The van der Waals surface area contributed by atoms with Crippen molar-refractivity contribution in [2.75, 3.05) is 31.1 Å². The fourth-order valence-corrected chi connectivity index (χ4v) is 4.27. The molecule has 7 heteroatoms. The number of carbonyl (C=O) groups is 1. The topological polar surface area (TPSA) is 74.6 Å². The van der Waals surface area contributed by atoms with Crippen LogP contribution in [0.25, 0.3) is 10.9 Å². The van der Waals surface area contributed by atoms with Crippen LogP contribution in [0.15, 0.2) is 17.1 Å². The van der Waals surface area contributed by atoms with Crippen LogP contribution in [0.4, 0.5) is 10.1 Å². The molecule has 2 heterocycles. The Morgan fingerprint density at radius 1 is 1.41 bits per heavy atom. The van der Waals surface area contributed by atoms with E-state index >= 15 is 4.39 Å². The van der Waals surface area contributed by atoms with Crippen molar-refractivity contribution in [3.05, 3.63) is 39.4 Å². The van der Waals surface area contributed by atoms with E-state index in [0.717, 1.165) is 38.4 Å². The van der Waals surface area contributed by atoms with Gasteiger partial charge in [0.15, 0.2) is 0 Å². The van der Waals surface area contributed by atoms with Gasteiger partial charge in [0, 0.05) is 25.3 Å². The van der Waals surface area contributed by atoms with Crippen LogP contribution in [0.1, 0.15) is 48.1 Å². The first-order chi connectivity index (χ1) is 14.0. The van der Waals surface area contributed by atoms with Crippen LogP contribution >= 0.6 is 0 Å². The lowest BCUT2D eigenvalue weighted by Crippen LogP contribution is -2.27. The van der Waals surface area contributed by atoms with Crippen LogP contribution in [0.2, 0.25) is 0 Å². The first kappa shape index (κ1) is 19.5. The zero-order valence-corrected chi connectivity index (χ0v) is 16.4. The van der Waals surface area contributed by atoms with Crippen molar-refractivity contribution in [3.8, 4) is 12.3 Å². The van der Waals surface area contributed by atoms with Crippen LogP contribution in [-0.2, 0) is 0 Å². The molecule has 1 aliphatic heterocycles. The molecule has 0 amide bonds. The molecule has 4 rings (SSSR count). The number of aromatic carboxylic acids is 1. The van der Waals surface area contributed by atoms with Gasteiger partial charge in [0.2, 0.25) is 5.43 Å². The van der Waals surface area contributed by atoms with Crippen LogP contribution in [-0.4, -0.2) is 41.8 Å². The van der Waals surface area contributed by atoms with Crippen LogP contribution in [0.3, 0.4) is 0 Å². The molecule has 2 N–H and O–H groups in total. The molecule has 2 aromatic rings. The van der Waals surface area contributed by atoms with Crippen LogP contribution < -0.4 is 15.6 Å². The Bertz CT molecular complexity index is 1080. The highest BCUT2D eigenvalue weighted by Crippen LogP contribution is 2.40. The van der Waals surface area contributed by atoms with Crippen molar-refractivity contribution in [2.24, 2.45) is 5.92 Å². The maximum absolute atomic E-state index is 15.2. The van der Waals surface area contributed by atoms with Crippen molar-refractivity contribution in [1.29, 1.82) is 0 Å². The molecule has 6 nitrogen and oxygen atoms in total. The summed E-state index contributed by atoms with van der Waals surface area (Å²) < 4.78 is 17.0. The molecule has 1 atom stereocenters. The van der Waals surface area contributed by atoms with Gasteiger partial charge in [0.1, 0.15) is 11.4 Å². The summed E-state index contributed by atoms with van der Waals surface area (Å²) in [5.74, 6) is 1.12. The Kier molecular flexibility index (Phi) is 5.05. The van der Waals surface area contributed by atoms with E-state index in [0.29, 0.717) is 35.8 Å². The molecule has 0 radical (unpaired) electrons. The molecule has 152 valence electrons. The van der Waals surface area contributed by atoms with E-state index < -0.39 is 17.2 Å². The van der Waals surface area contributed by atoms with Gasteiger partial charge in [-0.25, -0.2) is 9.18 Å². The van der Waals surface area contributed by atoms with E-state index in [9.17, 15) is 14.7 Å². The number of hydrogen-bond acceptors (Lipinski definition) is 4. The highest BCUT2D eigenvalue weighted by atomic mass is 19.1. The van der Waals surface area contributed by atoms with E-state index in [1.165, 1.54) is 6.20 Å².